The summed E-state index contributed by atoms with van der Waals surface area (Å²) in [7, 11) is 0. The van der Waals surface area contributed by atoms with Crippen molar-refractivity contribution in [1.29, 1.82) is 0 Å². The summed E-state index contributed by atoms with van der Waals surface area (Å²) in [6, 6.07) is 7.69. The molecular weight excluding hydrogens is 128 g/mol. The van der Waals surface area contributed by atoms with Gasteiger partial charge in [-0.25, -0.2) is 0 Å². The lowest BCUT2D eigenvalue weighted by atomic mass is 10.1. The van der Waals surface area contributed by atoms with Gasteiger partial charge in [0, 0.05) is 5.56 Å². The van der Waals surface area contributed by atoms with E-state index in [0.29, 0.717) is 6.61 Å². The van der Waals surface area contributed by atoms with E-state index in [1.54, 1.807) is 0 Å². The van der Waals surface area contributed by atoms with Crippen molar-refractivity contribution in [3.05, 3.63) is 35.4 Å². The van der Waals surface area contributed by atoms with Crippen LogP contribution in [0, 0.1) is 0 Å². The van der Waals surface area contributed by atoms with Crippen molar-refractivity contribution >= 4 is 0 Å². The molecule has 1 aromatic carbocycles. The topological polar surface area (TPSA) is 29.5 Å². The molecule has 1 heterocycles. The molecule has 2 nitrogen and oxygen atoms in total. The lowest BCUT2D eigenvalue weighted by Crippen LogP contribution is -1.90. The van der Waals surface area contributed by atoms with Gasteiger partial charge < -0.3 is 9.84 Å². The van der Waals surface area contributed by atoms with E-state index in [1.807, 2.05) is 24.3 Å². The molecule has 0 bridgehead atoms. The summed E-state index contributed by atoms with van der Waals surface area (Å²) in [4.78, 5) is 0. The van der Waals surface area contributed by atoms with E-state index in [-0.39, 0.29) is 0 Å². The molecule has 0 aromatic heterocycles. The van der Waals surface area contributed by atoms with E-state index < -0.39 is 6.29 Å². The van der Waals surface area contributed by atoms with Crippen LogP contribution in [0.3, 0.4) is 0 Å². The van der Waals surface area contributed by atoms with Crippen LogP contribution < -0.4 is 0 Å². The first-order valence-electron chi connectivity index (χ1n) is 3.25. The Kier molecular flexibility index (Phi) is 1.22. The second-order valence-electron chi connectivity index (χ2n) is 2.36. The summed E-state index contributed by atoms with van der Waals surface area (Å²) >= 11 is 0. The number of hydrogen-bond donors (Lipinski definition) is 1. The third kappa shape index (κ3) is 0.735. The number of hydrogen-bond acceptors (Lipinski definition) is 2. The SMILES string of the molecule is OC1OCc2ccccc21. The lowest BCUT2D eigenvalue weighted by molar-refractivity contribution is -0.0918. The first kappa shape index (κ1) is 5.89. The monoisotopic (exact) mass is 136 g/mol. The van der Waals surface area contributed by atoms with E-state index in [2.05, 4.69) is 0 Å². The molecule has 1 aliphatic heterocycles. The van der Waals surface area contributed by atoms with Gasteiger partial charge in [0.2, 0.25) is 0 Å². The molecule has 0 saturated heterocycles. The van der Waals surface area contributed by atoms with Crippen LogP contribution in [0.5, 0.6) is 0 Å². The average Bonchev–Trinajstić information content (AvgIpc) is 2.34. The number of rotatable bonds is 0. The van der Waals surface area contributed by atoms with Crippen molar-refractivity contribution in [2.45, 2.75) is 12.9 Å². The van der Waals surface area contributed by atoms with Crippen LogP contribution in [0.4, 0.5) is 0 Å². The summed E-state index contributed by atoms with van der Waals surface area (Å²) in [5.41, 5.74) is 2.00. The van der Waals surface area contributed by atoms with E-state index >= 15 is 0 Å². The Bertz CT molecular complexity index is 245. The number of aliphatic hydroxyl groups excluding tert-OH is 1. The molecule has 0 aliphatic carbocycles. The van der Waals surface area contributed by atoms with Crippen LogP contribution >= 0.6 is 0 Å². The van der Waals surface area contributed by atoms with Crippen LogP contribution in [-0.4, -0.2) is 5.11 Å². The van der Waals surface area contributed by atoms with Crippen molar-refractivity contribution in [3.8, 4) is 0 Å². The molecule has 0 amide bonds. The second kappa shape index (κ2) is 2.08. The first-order valence-corrected chi connectivity index (χ1v) is 3.25. The van der Waals surface area contributed by atoms with Crippen molar-refractivity contribution in [2.24, 2.45) is 0 Å². The smallest absolute Gasteiger partial charge is 0.181 e. The Hall–Kier alpha value is -0.860. The molecule has 1 aliphatic rings. The number of fused-ring (bicyclic) bond motifs is 1. The number of benzene rings is 1. The Morgan fingerprint density at radius 1 is 1.40 bits per heavy atom. The highest BCUT2D eigenvalue weighted by molar-refractivity contribution is 5.29. The molecule has 2 heteroatoms. The summed E-state index contributed by atoms with van der Waals surface area (Å²) in [5, 5.41) is 9.16. The predicted octanol–water partition coefficient (Wildman–Crippen LogP) is 1.21. The van der Waals surface area contributed by atoms with Gasteiger partial charge in [-0.15, -0.1) is 0 Å². The molecule has 1 N–H and O–H groups in total. The van der Waals surface area contributed by atoms with Crippen LogP contribution in [0.15, 0.2) is 24.3 Å². The molecule has 0 fully saturated rings. The minimum Gasteiger partial charge on any atom is -0.364 e. The molecule has 2 rings (SSSR count). The number of ether oxygens (including phenoxy) is 1. The molecule has 10 heavy (non-hydrogen) atoms. The van der Waals surface area contributed by atoms with Gasteiger partial charge in [-0.2, -0.15) is 0 Å². The van der Waals surface area contributed by atoms with Gasteiger partial charge in [-0.3, -0.25) is 0 Å². The minimum atomic E-state index is -0.698. The van der Waals surface area contributed by atoms with Crippen molar-refractivity contribution < 1.29 is 9.84 Å². The summed E-state index contributed by atoms with van der Waals surface area (Å²) in [5.74, 6) is 0. The maximum atomic E-state index is 9.16. The summed E-state index contributed by atoms with van der Waals surface area (Å²) in [6.07, 6.45) is -0.698. The van der Waals surface area contributed by atoms with Crippen LogP contribution in [0.25, 0.3) is 0 Å². The molecular formula is C8H8O2. The van der Waals surface area contributed by atoms with Gasteiger partial charge in [0.05, 0.1) is 6.61 Å². The third-order valence-corrected chi connectivity index (χ3v) is 1.72. The van der Waals surface area contributed by atoms with Crippen LogP contribution in [0.2, 0.25) is 0 Å². The van der Waals surface area contributed by atoms with Gasteiger partial charge in [0.1, 0.15) is 0 Å². The van der Waals surface area contributed by atoms with Crippen molar-refractivity contribution in [2.75, 3.05) is 0 Å². The molecule has 0 saturated carbocycles. The molecule has 1 atom stereocenters. The lowest BCUT2D eigenvalue weighted by Gasteiger charge is -1.99. The fraction of sp³-hybridized carbons (Fsp3) is 0.250. The van der Waals surface area contributed by atoms with Crippen molar-refractivity contribution in [1.82, 2.24) is 0 Å². The zero-order valence-corrected chi connectivity index (χ0v) is 5.45. The Balaban J connectivity index is 2.51. The largest absolute Gasteiger partial charge is 0.364 e. The minimum absolute atomic E-state index is 0.539. The maximum absolute atomic E-state index is 9.16. The van der Waals surface area contributed by atoms with E-state index in [0.717, 1.165) is 11.1 Å². The maximum Gasteiger partial charge on any atom is 0.181 e. The summed E-state index contributed by atoms with van der Waals surface area (Å²) in [6.45, 7) is 0.539. The van der Waals surface area contributed by atoms with E-state index in [1.165, 1.54) is 0 Å². The highest BCUT2D eigenvalue weighted by Gasteiger charge is 2.18. The van der Waals surface area contributed by atoms with E-state index in [4.69, 9.17) is 9.84 Å². The van der Waals surface area contributed by atoms with Crippen LogP contribution in [0.1, 0.15) is 17.4 Å². The summed E-state index contributed by atoms with van der Waals surface area (Å²) < 4.78 is 4.98. The third-order valence-electron chi connectivity index (χ3n) is 1.72. The highest BCUT2D eigenvalue weighted by Crippen LogP contribution is 2.27. The Morgan fingerprint density at radius 2 is 2.20 bits per heavy atom. The fourth-order valence-corrected chi connectivity index (χ4v) is 1.17. The standard InChI is InChI=1S/C8H8O2/c9-8-7-4-2-1-3-6(7)5-10-8/h1-4,8-9H,5H2. The van der Waals surface area contributed by atoms with E-state index in [9.17, 15) is 0 Å². The zero-order chi connectivity index (χ0) is 6.97. The molecule has 52 valence electrons. The zero-order valence-electron chi connectivity index (χ0n) is 5.45. The molecule has 1 aromatic rings. The van der Waals surface area contributed by atoms with Gasteiger partial charge >= 0.3 is 0 Å². The fourth-order valence-electron chi connectivity index (χ4n) is 1.17. The Morgan fingerprint density at radius 3 is 3.00 bits per heavy atom. The molecule has 0 spiro atoms. The molecule has 1 unspecified atom stereocenters. The Labute approximate surface area is 59.1 Å². The molecule has 0 radical (unpaired) electrons. The van der Waals surface area contributed by atoms with Gasteiger partial charge in [-0.1, -0.05) is 24.3 Å². The van der Waals surface area contributed by atoms with Gasteiger partial charge in [0.25, 0.3) is 0 Å². The number of aliphatic hydroxyl groups is 1. The average molecular weight is 136 g/mol. The van der Waals surface area contributed by atoms with Gasteiger partial charge in [0.15, 0.2) is 6.29 Å². The normalized spacial score (nSPS) is 22.7. The van der Waals surface area contributed by atoms with Crippen molar-refractivity contribution in [3.63, 3.8) is 0 Å². The predicted molar refractivity (Wildman–Crippen MR) is 36.2 cm³/mol. The first-order chi connectivity index (χ1) is 4.88. The van der Waals surface area contributed by atoms with Crippen LogP contribution in [-0.2, 0) is 11.3 Å². The van der Waals surface area contributed by atoms with Gasteiger partial charge in [-0.05, 0) is 5.56 Å². The highest BCUT2D eigenvalue weighted by atomic mass is 16.6. The quantitative estimate of drug-likeness (QED) is 0.580. The second-order valence-corrected chi connectivity index (χ2v) is 2.36.